The fourth-order valence-corrected chi connectivity index (χ4v) is 1.69. The lowest BCUT2D eigenvalue weighted by atomic mass is 9.95. The molecular weight excluding hydrogens is 202 g/mol. The van der Waals surface area contributed by atoms with Gasteiger partial charge in [-0.2, -0.15) is 0 Å². The molecule has 0 unspecified atom stereocenters. The summed E-state index contributed by atoms with van der Waals surface area (Å²) in [7, 11) is 0. The lowest BCUT2D eigenvalue weighted by Gasteiger charge is -2.20. The minimum absolute atomic E-state index is 0.121. The predicted octanol–water partition coefficient (Wildman–Crippen LogP) is -0.581. The van der Waals surface area contributed by atoms with Crippen molar-refractivity contribution >= 4 is 11.9 Å². The van der Waals surface area contributed by atoms with Crippen molar-refractivity contribution in [1.82, 2.24) is 5.32 Å². The molecule has 6 nitrogen and oxygen atoms in total. The highest BCUT2D eigenvalue weighted by atomic mass is 16.4. The molecule has 6 heteroatoms. The van der Waals surface area contributed by atoms with E-state index in [9.17, 15) is 14.7 Å². The number of carboxylic acids is 2. The van der Waals surface area contributed by atoms with Gasteiger partial charge in [0.05, 0.1) is 0 Å². The lowest BCUT2D eigenvalue weighted by molar-refractivity contribution is -0.176. The molecule has 86 valence electrons. The third-order valence-corrected chi connectivity index (χ3v) is 2.72. The first kappa shape index (κ1) is 11.9. The highest BCUT2D eigenvalue weighted by Crippen LogP contribution is 2.19. The van der Waals surface area contributed by atoms with E-state index in [2.05, 4.69) is 5.32 Å². The fourth-order valence-electron chi connectivity index (χ4n) is 1.69. The van der Waals surface area contributed by atoms with Gasteiger partial charge in [0.2, 0.25) is 0 Å². The second kappa shape index (κ2) is 4.59. The monoisotopic (exact) mass is 217 g/mol. The van der Waals surface area contributed by atoms with Crippen LogP contribution in [0.4, 0.5) is 0 Å². The van der Waals surface area contributed by atoms with Crippen molar-refractivity contribution in [3.63, 3.8) is 0 Å². The van der Waals surface area contributed by atoms with Crippen LogP contribution in [0.25, 0.3) is 0 Å². The number of aliphatic hydroxyl groups is 1. The van der Waals surface area contributed by atoms with Gasteiger partial charge in [-0.05, 0) is 32.2 Å². The van der Waals surface area contributed by atoms with E-state index >= 15 is 0 Å². The number of hydrogen-bond acceptors (Lipinski definition) is 4. The summed E-state index contributed by atoms with van der Waals surface area (Å²) in [6, 6.07) is 0.121. The smallest absolute Gasteiger partial charge is 0.347 e. The number of rotatable bonds is 5. The van der Waals surface area contributed by atoms with E-state index in [-0.39, 0.29) is 12.5 Å². The average molecular weight is 217 g/mol. The molecule has 1 rings (SSSR count). The molecule has 0 aromatic heterocycles. The summed E-state index contributed by atoms with van der Waals surface area (Å²) in [6.45, 7) is 0.864. The summed E-state index contributed by atoms with van der Waals surface area (Å²) in [6.07, 6.45) is 1.99. The van der Waals surface area contributed by atoms with Crippen molar-refractivity contribution in [2.24, 2.45) is 0 Å². The Kier molecular flexibility index (Phi) is 3.65. The third kappa shape index (κ3) is 2.66. The van der Waals surface area contributed by atoms with E-state index in [1.54, 1.807) is 0 Å². The zero-order valence-electron chi connectivity index (χ0n) is 8.27. The Morgan fingerprint density at radius 3 is 2.33 bits per heavy atom. The van der Waals surface area contributed by atoms with Crippen LogP contribution in [0.3, 0.4) is 0 Å². The van der Waals surface area contributed by atoms with Crippen LogP contribution < -0.4 is 5.32 Å². The zero-order valence-corrected chi connectivity index (χ0v) is 8.27. The molecule has 4 N–H and O–H groups in total. The molecule has 15 heavy (non-hydrogen) atoms. The van der Waals surface area contributed by atoms with Gasteiger partial charge in [-0.25, -0.2) is 9.59 Å². The Morgan fingerprint density at radius 1 is 1.33 bits per heavy atom. The van der Waals surface area contributed by atoms with Gasteiger partial charge in [-0.3, -0.25) is 0 Å². The van der Waals surface area contributed by atoms with Crippen LogP contribution >= 0.6 is 0 Å². The van der Waals surface area contributed by atoms with Crippen molar-refractivity contribution in [3.05, 3.63) is 0 Å². The minimum atomic E-state index is -2.65. The molecule has 0 radical (unpaired) electrons. The summed E-state index contributed by atoms with van der Waals surface area (Å²) >= 11 is 0. The van der Waals surface area contributed by atoms with E-state index in [0.29, 0.717) is 6.42 Å². The van der Waals surface area contributed by atoms with Crippen LogP contribution in [0.1, 0.15) is 25.7 Å². The van der Waals surface area contributed by atoms with Crippen molar-refractivity contribution in [3.8, 4) is 0 Å². The highest BCUT2D eigenvalue weighted by molar-refractivity contribution is 6.01. The third-order valence-electron chi connectivity index (χ3n) is 2.72. The summed E-state index contributed by atoms with van der Waals surface area (Å²) in [4.78, 5) is 21.2. The first-order valence-electron chi connectivity index (χ1n) is 4.89. The first-order valence-corrected chi connectivity index (χ1v) is 4.89. The Labute approximate surface area is 86.9 Å². The molecule has 1 saturated heterocycles. The highest BCUT2D eigenvalue weighted by Gasteiger charge is 2.44. The number of carboxylic acid groups (broad SMARTS) is 2. The molecule has 1 atom stereocenters. The topological polar surface area (TPSA) is 107 Å². The van der Waals surface area contributed by atoms with Gasteiger partial charge in [0, 0.05) is 6.04 Å². The molecule has 0 aromatic carbocycles. The number of nitrogens with one attached hydrogen (secondary N) is 1. The van der Waals surface area contributed by atoms with Crippen molar-refractivity contribution in [2.75, 3.05) is 6.54 Å². The number of hydrogen-bond donors (Lipinski definition) is 4. The SMILES string of the molecule is O=C(O)C(O)(CC[C@H]1CCCN1)C(=O)O. The molecular formula is C9H15NO5. The maximum atomic E-state index is 10.6. The van der Waals surface area contributed by atoms with E-state index in [0.717, 1.165) is 19.4 Å². The molecule has 1 aliphatic heterocycles. The van der Waals surface area contributed by atoms with Gasteiger partial charge >= 0.3 is 11.9 Å². The summed E-state index contributed by atoms with van der Waals surface area (Å²) in [5.41, 5.74) is -2.65. The minimum Gasteiger partial charge on any atom is -0.479 e. The Hall–Kier alpha value is -1.14. The van der Waals surface area contributed by atoms with Crippen LogP contribution in [0, 0.1) is 0 Å². The van der Waals surface area contributed by atoms with E-state index in [1.807, 2.05) is 0 Å². The Bertz CT molecular complexity index is 245. The molecule has 0 aliphatic carbocycles. The largest absolute Gasteiger partial charge is 0.479 e. The second-order valence-corrected chi connectivity index (χ2v) is 3.80. The molecule has 1 fully saturated rings. The summed E-state index contributed by atoms with van der Waals surface area (Å²) in [5.74, 6) is -3.40. The fraction of sp³-hybridized carbons (Fsp3) is 0.778. The van der Waals surface area contributed by atoms with Crippen molar-refractivity contribution in [1.29, 1.82) is 0 Å². The maximum absolute atomic E-state index is 10.6. The lowest BCUT2D eigenvalue weighted by Crippen LogP contribution is -2.47. The van der Waals surface area contributed by atoms with Gasteiger partial charge in [-0.15, -0.1) is 0 Å². The molecule has 0 bridgehead atoms. The summed E-state index contributed by atoms with van der Waals surface area (Å²) < 4.78 is 0. The van der Waals surface area contributed by atoms with Gasteiger partial charge in [0.25, 0.3) is 5.60 Å². The van der Waals surface area contributed by atoms with Crippen LogP contribution in [0.15, 0.2) is 0 Å². The number of carbonyl (C=O) groups is 2. The van der Waals surface area contributed by atoms with Gasteiger partial charge in [-0.1, -0.05) is 0 Å². The van der Waals surface area contributed by atoms with Crippen LogP contribution in [0.2, 0.25) is 0 Å². The van der Waals surface area contributed by atoms with Crippen LogP contribution in [0.5, 0.6) is 0 Å². The van der Waals surface area contributed by atoms with Crippen LogP contribution in [-0.4, -0.2) is 45.4 Å². The normalized spacial score (nSPS) is 21.5. The van der Waals surface area contributed by atoms with Crippen LogP contribution in [-0.2, 0) is 9.59 Å². The van der Waals surface area contributed by atoms with E-state index < -0.39 is 17.5 Å². The number of aliphatic carboxylic acids is 2. The molecule has 0 aromatic rings. The van der Waals surface area contributed by atoms with Crippen molar-refractivity contribution in [2.45, 2.75) is 37.3 Å². The molecule has 0 spiro atoms. The van der Waals surface area contributed by atoms with Gasteiger partial charge < -0.3 is 20.6 Å². The maximum Gasteiger partial charge on any atom is 0.347 e. The average Bonchev–Trinajstić information content (AvgIpc) is 2.65. The molecule has 1 aliphatic rings. The first-order chi connectivity index (χ1) is 6.97. The molecule has 1 heterocycles. The zero-order chi connectivity index (χ0) is 11.5. The van der Waals surface area contributed by atoms with Gasteiger partial charge in [0.1, 0.15) is 0 Å². The van der Waals surface area contributed by atoms with Gasteiger partial charge in [0.15, 0.2) is 0 Å². The standard InChI is InChI=1S/C9H15NO5/c11-7(12)9(15,8(13)14)4-3-6-2-1-5-10-6/h6,10,15H,1-5H2,(H,11,12)(H,13,14)/t6-/m1/s1. The predicted molar refractivity (Wildman–Crippen MR) is 50.5 cm³/mol. The summed E-state index contributed by atoms with van der Waals surface area (Å²) in [5, 5.41) is 29.8. The van der Waals surface area contributed by atoms with E-state index in [1.165, 1.54) is 0 Å². The molecule has 0 amide bonds. The molecule has 0 saturated carbocycles. The van der Waals surface area contributed by atoms with Crippen molar-refractivity contribution < 1.29 is 24.9 Å². The second-order valence-electron chi connectivity index (χ2n) is 3.80. The Morgan fingerprint density at radius 2 is 1.93 bits per heavy atom. The quantitative estimate of drug-likeness (QED) is 0.459. The Balaban J connectivity index is 2.51. The van der Waals surface area contributed by atoms with E-state index in [4.69, 9.17) is 10.2 Å².